The van der Waals surface area contributed by atoms with Crippen LogP contribution >= 0.6 is 0 Å². The van der Waals surface area contributed by atoms with Crippen LogP contribution in [0.2, 0.25) is 0 Å². The van der Waals surface area contributed by atoms with Crippen molar-refractivity contribution in [2.75, 3.05) is 6.54 Å². The molecule has 0 saturated carbocycles. The number of amides is 1. The van der Waals surface area contributed by atoms with E-state index in [2.05, 4.69) is 16.9 Å². The summed E-state index contributed by atoms with van der Waals surface area (Å²) < 4.78 is 13.0. The molecule has 0 atom stereocenters. The monoisotopic (exact) mass is 194 g/mol. The Bertz CT molecular complexity index is 363. The van der Waals surface area contributed by atoms with Gasteiger partial charge in [0.2, 0.25) is 5.95 Å². The fraction of sp³-hybridized carbons (Fsp3) is 0.200. The molecule has 0 fully saturated rings. The zero-order valence-corrected chi connectivity index (χ0v) is 7.88. The Kier molecular flexibility index (Phi) is 3.34. The maximum atomic E-state index is 13.0. The molecule has 0 aliphatic heterocycles. The summed E-state index contributed by atoms with van der Waals surface area (Å²) in [4.78, 5) is 14.7. The zero-order valence-electron chi connectivity index (χ0n) is 7.88. The van der Waals surface area contributed by atoms with E-state index < -0.39 is 11.9 Å². The van der Waals surface area contributed by atoms with E-state index in [4.69, 9.17) is 0 Å². The highest BCUT2D eigenvalue weighted by molar-refractivity contribution is 5.94. The van der Waals surface area contributed by atoms with Crippen molar-refractivity contribution < 1.29 is 9.18 Å². The van der Waals surface area contributed by atoms with Crippen LogP contribution in [0.5, 0.6) is 0 Å². The molecule has 0 bridgehead atoms. The lowest BCUT2D eigenvalue weighted by Crippen LogP contribution is -2.26. The Morgan fingerprint density at radius 1 is 1.71 bits per heavy atom. The average Bonchev–Trinajstić information content (AvgIpc) is 2.15. The molecule has 1 aromatic heterocycles. The van der Waals surface area contributed by atoms with Crippen molar-refractivity contribution >= 4 is 5.91 Å². The SMILES string of the molecule is C=C(C)CNC(=O)c1cccnc1F. The Balaban J connectivity index is 2.70. The van der Waals surface area contributed by atoms with E-state index in [9.17, 15) is 9.18 Å². The van der Waals surface area contributed by atoms with Gasteiger partial charge in [0.25, 0.3) is 5.91 Å². The summed E-state index contributed by atoms with van der Waals surface area (Å²) in [5.74, 6) is -1.23. The first-order chi connectivity index (χ1) is 6.61. The molecule has 74 valence electrons. The van der Waals surface area contributed by atoms with Crippen molar-refractivity contribution in [2.24, 2.45) is 0 Å². The topological polar surface area (TPSA) is 42.0 Å². The maximum Gasteiger partial charge on any atom is 0.256 e. The molecule has 1 aromatic rings. The van der Waals surface area contributed by atoms with Crippen LogP contribution in [0.25, 0.3) is 0 Å². The predicted octanol–water partition coefficient (Wildman–Crippen LogP) is 1.53. The lowest BCUT2D eigenvalue weighted by molar-refractivity contribution is 0.0952. The van der Waals surface area contributed by atoms with Crippen LogP contribution in [0, 0.1) is 5.95 Å². The number of halogens is 1. The minimum absolute atomic E-state index is 0.0475. The highest BCUT2D eigenvalue weighted by atomic mass is 19.1. The lowest BCUT2D eigenvalue weighted by Gasteiger charge is -2.04. The maximum absolute atomic E-state index is 13.0. The number of aromatic nitrogens is 1. The van der Waals surface area contributed by atoms with Crippen molar-refractivity contribution in [1.29, 1.82) is 0 Å². The van der Waals surface area contributed by atoms with E-state index >= 15 is 0 Å². The number of carbonyl (C=O) groups excluding carboxylic acids is 1. The van der Waals surface area contributed by atoms with Crippen molar-refractivity contribution in [3.05, 3.63) is 42.0 Å². The minimum atomic E-state index is -0.758. The third kappa shape index (κ3) is 2.65. The first-order valence-electron chi connectivity index (χ1n) is 4.14. The summed E-state index contributed by atoms with van der Waals surface area (Å²) in [5, 5.41) is 2.52. The van der Waals surface area contributed by atoms with Crippen LogP contribution in [0.1, 0.15) is 17.3 Å². The molecule has 4 heteroatoms. The summed E-state index contributed by atoms with van der Waals surface area (Å²) in [7, 11) is 0. The number of pyridine rings is 1. The first kappa shape index (κ1) is 10.4. The summed E-state index contributed by atoms with van der Waals surface area (Å²) in [6.07, 6.45) is 1.30. The second kappa shape index (κ2) is 4.50. The summed E-state index contributed by atoms with van der Waals surface area (Å²) in [5.41, 5.74) is 0.761. The molecule has 0 aliphatic carbocycles. The highest BCUT2D eigenvalue weighted by Crippen LogP contribution is 2.02. The lowest BCUT2D eigenvalue weighted by atomic mass is 10.2. The van der Waals surface area contributed by atoms with Gasteiger partial charge in [-0.3, -0.25) is 4.79 Å². The average molecular weight is 194 g/mol. The molecule has 0 spiro atoms. The van der Waals surface area contributed by atoms with Crippen LogP contribution in [-0.4, -0.2) is 17.4 Å². The van der Waals surface area contributed by atoms with Crippen LogP contribution < -0.4 is 5.32 Å². The van der Waals surface area contributed by atoms with Gasteiger partial charge in [0, 0.05) is 12.7 Å². The predicted molar refractivity (Wildman–Crippen MR) is 51.3 cm³/mol. The molecule has 0 aliphatic rings. The summed E-state index contributed by atoms with van der Waals surface area (Å²) in [6, 6.07) is 2.90. The quantitative estimate of drug-likeness (QED) is 0.585. The number of hydrogen-bond donors (Lipinski definition) is 1. The van der Waals surface area contributed by atoms with Gasteiger partial charge in [-0.15, -0.1) is 0 Å². The van der Waals surface area contributed by atoms with Gasteiger partial charge in [-0.05, 0) is 19.1 Å². The number of rotatable bonds is 3. The Morgan fingerprint density at radius 3 is 3.00 bits per heavy atom. The van der Waals surface area contributed by atoms with E-state index in [1.54, 1.807) is 6.92 Å². The molecule has 0 saturated heterocycles. The fourth-order valence-electron chi connectivity index (χ4n) is 0.882. The Labute approximate surface area is 81.7 Å². The molecule has 0 aromatic carbocycles. The first-order valence-corrected chi connectivity index (χ1v) is 4.14. The molecule has 1 N–H and O–H groups in total. The highest BCUT2D eigenvalue weighted by Gasteiger charge is 2.10. The van der Waals surface area contributed by atoms with Crippen LogP contribution in [0.15, 0.2) is 30.5 Å². The number of nitrogens with zero attached hydrogens (tertiary/aromatic N) is 1. The molecule has 1 heterocycles. The number of nitrogens with one attached hydrogen (secondary N) is 1. The smallest absolute Gasteiger partial charge is 0.256 e. The number of carbonyl (C=O) groups is 1. The van der Waals surface area contributed by atoms with Gasteiger partial charge in [0.05, 0.1) is 5.56 Å². The molecular formula is C10H11FN2O. The van der Waals surface area contributed by atoms with E-state index in [0.717, 1.165) is 5.57 Å². The van der Waals surface area contributed by atoms with Crippen LogP contribution in [-0.2, 0) is 0 Å². The molecule has 0 unspecified atom stereocenters. The number of hydrogen-bond acceptors (Lipinski definition) is 2. The van der Waals surface area contributed by atoms with Gasteiger partial charge < -0.3 is 5.32 Å². The standard InChI is InChI=1S/C10H11FN2O/c1-7(2)6-13-10(14)8-4-3-5-12-9(8)11/h3-5H,1,6H2,2H3,(H,13,14). The second-order valence-electron chi connectivity index (χ2n) is 2.98. The zero-order chi connectivity index (χ0) is 10.6. The van der Waals surface area contributed by atoms with Gasteiger partial charge in [0.15, 0.2) is 0 Å². The van der Waals surface area contributed by atoms with Gasteiger partial charge in [-0.25, -0.2) is 4.98 Å². The Hall–Kier alpha value is -1.71. The molecule has 14 heavy (non-hydrogen) atoms. The molecule has 1 rings (SSSR count). The van der Waals surface area contributed by atoms with E-state index in [1.807, 2.05) is 0 Å². The molecular weight excluding hydrogens is 183 g/mol. The third-order valence-corrected chi connectivity index (χ3v) is 1.55. The Morgan fingerprint density at radius 2 is 2.43 bits per heavy atom. The molecule has 1 amide bonds. The fourth-order valence-corrected chi connectivity index (χ4v) is 0.882. The van der Waals surface area contributed by atoms with E-state index in [1.165, 1.54) is 18.3 Å². The van der Waals surface area contributed by atoms with Gasteiger partial charge >= 0.3 is 0 Å². The van der Waals surface area contributed by atoms with Gasteiger partial charge in [0.1, 0.15) is 0 Å². The summed E-state index contributed by atoms with van der Waals surface area (Å²) >= 11 is 0. The molecule has 0 radical (unpaired) electrons. The van der Waals surface area contributed by atoms with Crippen molar-refractivity contribution in [3.63, 3.8) is 0 Å². The van der Waals surface area contributed by atoms with Gasteiger partial charge in [-0.1, -0.05) is 12.2 Å². The van der Waals surface area contributed by atoms with Crippen LogP contribution in [0.3, 0.4) is 0 Å². The van der Waals surface area contributed by atoms with E-state index in [0.29, 0.717) is 6.54 Å². The largest absolute Gasteiger partial charge is 0.348 e. The van der Waals surface area contributed by atoms with Crippen molar-refractivity contribution in [3.8, 4) is 0 Å². The molecule has 3 nitrogen and oxygen atoms in total. The van der Waals surface area contributed by atoms with Crippen molar-refractivity contribution in [1.82, 2.24) is 10.3 Å². The third-order valence-electron chi connectivity index (χ3n) is 1.55. The minimum Gasteiger partial charge on any atom is -0.348 e. The van der Waals surface area contributed by atoms with Crippen molar-refractivity contribution in [2.45, 2.75) is 6.92 Å². The van der Waals surface area contributed by atoms with Gasteiger partial charge in [-0.2, -0.15) is 4.39 Å². The summed E-state index contributed by atoms with van der Waals surface area (Å²) in [6.45, 7) is 5.74. The van der Waals surface area contributed by atoms with Crippen LogP contribution in [0.4, 0.5) is 4.39 Å². The normalized spacial score (nSPS) is 9.57. The van der Waals surface area contributed by atoms with E-state index in [-0.39, 0.29) is 5.56 Å². The second-order valence-corrected chi connectivity index (χ2v) is 2.98.